The molecule has 1 aromatic carbocycles. The summed E-state index contributed by atoms with van der Waals surface area (Å²) in [5.74, 6) is -0.669. The molecular formula is C14H16F2N4O. The Hall–Kier alpha value is -2.31. The molecule has 21 heavy (non-hydrogen) atoms. The monoisotopic (exact) mass is 294 g/mol. The number of amides is 1. The van der Waals surface area contributed by atoms with Gasteiger partial charge in [0.25, 0.3) is 0 Å². The third kappa shape index (κ3) is 4.08. The quantitative estimate of drug-likeness (QED) is 0.917. The predicted molar refractivity (Wildman–Crippen MR) is 72.3 cm³/mol. The fourth-order valence-corrected chi connectivity index (χ4v) is 1.90. The molecule has 0 fully saturated rings. The highest BCUT2D eigenvalue weighted by Crippen LogP contribution is 2.11. The van der Waals surface area contributed by atoms with Gasteiger partial charge in [-0.3, -0.25) is 9.89 Å². The van der Waals surface area contributed by atoms with Crippen LogP contribution in [-0.2, 0) is 17.8 Å². The lowest BCUT2D eigenvalue weighted by atomic mass is 10.1. The minimum Gasteiger partial charge on any atom is -0.338 e. The van der Waals surface area contributed by atoms with Crippen LogP contribution in [0.25, 0.3) is 0 Å². The molecular weight excluding hydrogens is 278 g/mol. The second kappa shape index (κ2) is 6.43. The number of aromatic nitrogens is 3. The highest BCUT2D eigenvalue weighted by atomic mass is 19.2. The number of hydrogen-bond acceptors (Lipinski definition) is 3. The molecule has 1 aromatic heterocycles. The van der Waals surface area contributed by atoms with Gasteiger partial charge >= 0.3 is 0 Å². The van der Waals surface area contributed by atoms with E-state index in [1.807, 2.05) is 0 Å². The first-order valence-electron chi connectivity index (χ1n) is 6.51. The van der Waals surface area contributed by atoms with Crippen molar-refractivity contribution in [2.75, 3.05) is 7.05 Å². The molecule has 0 unspecified atom stereocenters. The largest absolute Gasteiger partial charge is 0.338 e. The predicted octanol–water partition coefficient (Wildman–Crippen LogP) is 1.98. The van der Waals surface area contributed by atoms with Crippen molar-refractivity contribution in [2.45, 2.75) is 26.3 Å². The summed E-state index contributed by atoms with van der Waals surface area (Å²) in [7, 11) is 1.65. The number of aryl methyl sites for hydroxylation is 2. The number of aromatic amines is 1. The van der Waals surface area contributed by atoms with Crippen LogP contribution in [0, 0.1) is 18.6 Å². The van der Waals surface area contributed by atoms with Crippen molar-refractivity contribution in [3.05, 3.63) is 47.0 Å². The van der Waals surface area contributed by atoms with Crippen LogP contribution < -0.4 is 0 Å². The summed E-state index contributed by atoms with van der Waals surface area (Å²) >= 11 is 0. The first kappa shape index (κ1) is 15.1. The van der Waals surface area contributed by atoms with E-state index >= 15 is 0 Å². The van der Waals surface area contributed by atoms with Gasteiger partial charge in [0, 0.05) is 13.5 Å². The van der Waals surface area contributed by atoms with Crippen molar-refractivity contribution in [1.82, 2.24) is 20.1 Å². The molecule has 0 atom stereocenters. The number of nitrogens with one attached hydrogen (secondary N) is 1. The van der Waals surface area contributed by atoms with Crippen LogP contribution in [0.2, 0.25) is 0 Å². The van der Waals surface area contributed by atoms with Crippen LogP contribution >= 0.6 is 0 Å². The lowest BCUT2D eigenvalue weighted by Crippen LogP contribution is -2.27. The van der Waals surface area contributed by atoms with Crippen LogP contribution in [0.15, 0.2) is 18.2 Å². The molecule has 1 heterocycles. The van der Waals surface area contributed by atoms with E-state index in [0.717, 1.165) is 12.1 Å². The smallest absolute Gasteiger partial charge is 0.223 e. The Bertz CT molecular complexity index is 642. The Morgan fingerprint density at radius 2 is 2.10 bits per heavy atom. The van der Waals surface area contributed by atoms with Crippen LogP contribution in [0.5, 0.6) is 0 Å². The van der Waals surface area contributed by atoms with Crippen molar-refractivity contribution >= 4 is 5.91 Å². The highest BCUT2D eigenvalue weighted by molar-refractivity contribution is 5.76. The molecule has 7 heteroatoms. The van der Waals surface area contributed by atoms with E-state index in [4.69, 9.17) is 0 Å². The van der Waals surface area contributed by atoms with Gasteiger partial charge in [-0.15, -0.1) is 0 Å². The maximum Gasteiger partial charge on any atom is 0.223 e. The number of H-pyrrole nitrogens is 1. The fourth-order valence-electron chi connectivity index (χ4n) is 1.90. The molecule has 0 saturated heterocycles. The molecule has 1 N–H and O–H groups in total. The molecule has 0 aliphatic rings. The lowest BCUT2D eigenvalue weighted by molar-refractivity contribution is -0.130. The molecule has 0 aliphatic heterocycles. The van der Waals surface area contributed by atoms with Gasteiger partial charge < -0.3 is 4.90 Å². The van der Waals surface area contributed by atoms with Crippen LogP contribution in [0.3, 0.4) is 0 Å². The van der Waals surface area contributed by atoms with Gasteiger partial charge in [0.2, 0.25) is 5.91 Å². The molecule has 2 rings (SSSR count). The third-order valence-corrected chi connectivity index (χ3v) is 3.06. The fraction of sp³-hybridized carbons (Fsp3) is 0.357. The van der Waals surface area contributed by atoms with Gasteiger partial charge in [-0.05, 0) is 31.0 Å². The zero-order valence-corrected chi connectivity index (χ0v) is 11.9. The van der Waals surface area contributed by atoms with Gasteiger partial charge in [0.1, 0.15) is 5.82 Å². The minimum absolute atomic E-state index is 0.109. The van der Waals surface area contributed by atoms with Crippen molar-refractivity contribution in [3.63, 3.8) is 0 Å². The molecule has 0 bridgehead atoms. The lowest BCUT2D eigenvalue weighted by Gasteiger charge is -2.15. The maximum absolute atomic E-state index is 13.1. The summed E-state index contributed by atoms with van der Waals surface area (Å²) in [5, 5.41) is 6.66. The van der Waals surface area contributed by atoms with E-state index in [0.29, 0.717) is 30.2 Å². The Morgan fingerprint density at radius 1 is 1.33 bits per heavy atom. The Labute approximate surface area is 121 Å². The third-order valence-electron chi connectivity index (χ3n) is 3.06. The van der Waals surface area contributed by atoms with E-state index in [1.165, 1.54) is 11.0 Å². The first-order chi connectivity index (χ1) is 9.95. The zero-order chi connectivity index (χ0) is 15.4. The van der Waals surface area contributed by atoms with Crippen molar-refractivity contribution < 1.29 is 13.6 Å². The van der Waals surface area contributed by atoms with Gasteiger partial charge in [0.05, 0.1) is 6.54 Å². The zero-order valence-electron chi connectivity index (χ0n) is 11.9. The SMILES string of the molecule is Cc1nc(CN(C)C(=O)CCc2ccc(F)c(F)c2)n[nH]1. The summed E-state index contributed by atoms with van der Waals surface area (Å²) < 4.78 is 25.9. The number of hydrogen-bond donors (Lipinski definition) is 1. The Morgan fingerprint density at radius 3 is 2.71 bits per heavy atom. The summed E-state index contributed by atoms with van der Waals surface area (Å²) in [4.78, 5) is 17.6. The average Bonchev–Trinajstić information content (AvgIpc) is 2.85. The summed E-state index contributed by atoms with van der Waals surface area (Å²) in [6.07, 6.45) is 0.568. The second-order valence-electron chi connectivity index (χ2n) is 4.84. The number of rotatable bonds is 5. The maximum atomic E-state index is 13.1. The summed E-state index contributed by atoms with van der Waals surface area (Å²) in [5.41, 5.74) is 0.587. The normalized spacial score (nSPS) is 10.7. The standard InChI is InChI=1S/C14H16F2N4O/c1-9-17-13(19-18-9)8-20(2)14(21)6-4-10-3-5-11(15)12(16)7-10/h3,5,7H,4,6,8H2,1-2H3,(H,17,18,19). The van der Waals surface area contributed by atoms with Gasteiger partial charge in [0.15, 0.2) is 17.5 Å². The first-order valence-corrected chi connectivity index (χ1v) is 6.51. The topological polar surface area (TPSA) is 61.9 Å². The second-order valence-corrected chi connectivity index (χ2v) is 4.84. The van der Waals surface area contributed by atoms with Crippen molar-refractivity contribution in [2.24, 2.45) is 0 Å². The van der Waals surface area contributed by atoms with E-state index in [2.05, 4.69) is 15.2 Å². The average molecular weight is 294 g/mol. The number of carbonyl (C=O) groups excluding carboxylic acids is 1. The van der Waals surface area contributed by atoms with Crippen LogP contribution in [0.4, 0.5) is 8.78 Å². The van der Waals surface area contributed by atoms with Crippen molar-refractivity contribution in [1.29, 1.82) is 0 Å². The van der Waals surface area contributed by atoms with Gasteiger partial charge in [-0.1, -0.05) is 6.07 Å². The molecule has 1 amide bonds. The molecule has 0 aliphatic carbocycles. The van der Waals surface area contributed by atoms with E-state index in [9.17, 15) is 13.6 Å². The number of nitrogens with zero attached hydrogens (tertiary/aromatic N) is 3. The van der Waals surface area contributed by atoms with Gasteiger partial charge in [-0.2, -0.15) is 5.10 Å². The van der Waals surface area contributed by atoms with E-state index in [1.54, 1.807) is 14.0 Å². The van der Waals surface area contributed by atoms with E-state index in [-0.39, 0.29) is 12.3 Å². The van der Waals surface area contributed by atoms with Crippen LogP contribution in [0.1, 0.15) is 23.6 Å². The molecule has 0 saturated carbocycles. The molecule has 2 aromatic rings. The highest BCUT2D eigenvalue weighted by Gasteiger charge is 2.12. The van der Waals surface area contributed by atoms with Crippen LogP contribution in [-0.4, -0.2) is 33.0 Å². The van der Waals surface area contributed by atoms with Crippen molar-refractivity contribution in [3.8, 4) is 0 Å². The summed E-state index contributed by atoms with van der Waals surface area (Å²) in [6, 6.07) is 3.65. The number of halogens is 2. The molecule has 0 spiro atoms. The number of benzene rings is 1. The molecule has 5 nitrogen and oxygen atoms in total. The summed E-state index contributed by atoms with van der Waals surface area (Å²) in [6.45, 7) is 2.09. The van der Waals surface area contributed by atoms with Gasteiger partial charge in [-0.25, -0.2) is 13.8 Å². The minimum atomic E-state index is -0.899. The van der Waals surface area contributed by atoms with E-state index < -0.39 is 11.6 Å². The Balaban J connectivity index is 1.87. The molecule has 112 valence electrons. The Kier molecular flexibility index (Phi) is 4.62. The number of carbonyl (C=O) groups is 1. The molecule has 0 radical (unpaired) electrons.